The second-order valence-electron chi connectivity index (χ2n) is 7.84. The van der Waals surface area contributed by atoms with Crippen molar-refractivity contribution >= 4 is 28.3 Å². The number of nitrogens with zero attached hydrogens (tertiary/aromatic N) is 1. The van der Waals surface area contributed by atoms with Gasteiger partial charge in [0.2, 0.25) is 0 Å². The number of aliphatic hydroxyl groups is 1. The Labute approximate surface area is 159 Å². The van der Waals surface area contributed by atoms with Crippen LogP contribution in [0, 0.1) is 0 Å². The molecule has 1 aliphatic carbocycles. The van der Waals surface area contributed by atoms with Gasteiger partial charge in [0.05, 0.1) is 35.4 Å². The van der Waals surface area contributed by atoms with Crippen LogP contribution in [0.2, 0.25) is 5.02 Å². The summed E-state index contributed by atoms with van der Waals surface area (Å²) in [6.07, 6.45) is 8.92. The van der Waals surface area contributed by atoms with Crippen LogP contribution in [-0.2, 0) is 4.74 Å². The molecule has 0 amide bonds. The number of benzene rings is 1. The lowest BCUT2D eigenvalue weighted by Crippen LogP contribution is -2.30. The molecule has 1 aromatic heterocycles. The number of carbonyl (C=O) groups excluding carboxylic acids is 1. The molecular weight excluding hydrogens is 350 g/mol. The van der Waals surface area contributed by atoms with Gasteiger partial charge >= 0.3 is 0 Å². The predicted octanol–water partition coefficient (Wildman–Crippen LogP) is 4.91. The summed E-state index contributed by atoms with van der Waals surface area (Å²) in [4.78, 5) is 13.0. The number of fused-ring (bicyclic) bond motifs is 1. The fourth-order valence-corrected chi connectivity index (χ4v) is 4.55. The normalized spacial score (nSPS) is 20.7. The first kappa shape index (κ1) is 18.0. The maximum absolute atomic E-state index is 13.0. The molecule has 2 aliphatic rings. The third-order valence-electron chi connectivity index (χ3n) is 5.97. The van der Waals surface area contributed by atoms with Crippen molar-refractivity contribution in [3.63, 3.8) is 0 Å². The van der Waals surface area contributed by atoms with E-state index in [1.807, 2.05) is 24.4 Å². The topological polar surface area (TPSA) is 51.5 Å². The minimum absolute atomic E-state index is 0.0692. The highest BCUT2D eigenvalue weighted by Crippen LogP contribution is 2.35. The molecule has 2 aromatic rings. The van der Waals surface area contributed by atoms with Crippen molar-refractivity contribution in [3.05, 3.63) is 35.0 Å². The lowest BCUT2D eigenvalue weighted by Gasteiger charge is -2.28. The van der Waals surface area contributed by atoms with Crippen LogP contribution < -0.4 is 0 Å². The van der Waals surface area contributed by atoms with Crippen LogP contribution in [0.15, 0.2) is 24.4 Å². The Morgan fingerprint density at radius 3 is 2.62 bits per heavy atom. The van der Waals surface area contributed by atoms with E-state index in [9.17, 15) is 9.90 Å². The molecule has 1 saturated carbocycles. The summed E-state index contributed by atoms with van der Waals surface area (Å²) in [5, 5.41) is 12.3. The summed E-state index contributed by atoms with van der Waals surface area (Å²) in [6.45, 7) is 1.34. The van der Waals surface area contributed by atoms with Crippen LogP contribution in [0.3, 0.4) is 0 Å². The van der Waals surface area contributed by atoms with Gasteiger partial charge in [0, 0.05) is 23.6 Å². The van der Waals surface area contributed by atoms with Crippen molar-refractivity contribution in [3.8, 4) is 0 Å². The molecule has 0 spiro atoms. The monoisotopic (exact) mass is 375 g/mol. The Hall–Kier alpha value is -1.36. The molecule has 0 bridgehead atoms. The highest BCUT2D eigenvalue weighted by atomic mass is 35.5. The first-order chi connectivity index (χ1) is 12.6. The van der Waals surface area contributed by atoms with Crippen LogP contribution >= 0.6 is 11.6 Å². The fraction of sp³-hybridized carbons (Fsp3) is 0.571. The lowest BCUT2D eigenvalue weighted by atomic mass is 9.88. The molecule has 140 valence electrons. The summed E-state index contributed by atoms with van der Waals surface area (Å²) in [7, 11) is 0. The molecule has 1 aromatic carbocycles. The Morgan fingerprint density at radius 2 is 1.96 bits per heavy atom. The van der Waals surface area contributed by atoms with Gasteiger partial charge in [-0.2, -0.15) is 0 Å². The number of carbonyl (C=O) groups is 1. The van der Waals surface area contributed by atoms with Gasteiger partial charge in [-0.25, -0.2) is 0 Å². The second kappa shape index (κ2) is 7.34. The summed E-state index contributed by atoms with van der Waals surface area (Å²) < 4.78 is 7.44. The number of halogens is 1. The average molecular weight is 376 g/mol. The standard InChI is InChI=1S/C21H26ClNO3/c22-17-6-5-7-18-20(17)16(12-23(18)15-13-26-14-15)19(24)8-11-21(25)9-3-1-2-4-10-21/h5-7,12,15,25H,1-4,8-11,13-14H2. The third-order valence-corrected chi connectivity index (χ3v) is 6.29. The van der Waals surface area contributed by atoms with Crippen LogP contribution in [-0.4, -0.2) is 34.3 Å². The van der Waals surface area contributed by atoms with Crippen molar-refractivity contribution in [1.29, 1.82) is 0 Å². The summed E-state index contributed by atoms with van der Waals surface area (Å²) >= 11 is 6.44. The zero-order valence-electron chi connectivity index (χ0n) is 15.0. The van der Waals surface area contributed by atoms with Gasteiger partial charge in [0.15, 0.2) is 5.78 Å². The number of hydrogen-bond donors (Lipinski definition) is 1. The van der Waals surface area contributed by atoms with E-state index in [-0.39, 0.29) is 11.8 Å². The van der Waals surface area contributed by atoms with Gasteiger partial charge in [-0.1, -0.05) is 43.4 Å². The van der Waals surface area contributed by atoms with E-state index in [4.69, 9.17) is 16.3 Å². The molecule has 2 heterocycles. The molecule has 2 fully saturated rings. The molecule has 5 heteroatoms. The van der Waals surface area contributed by atoms with Crippen LogP contribution in [0.4, 0.5) is 0 Å². The van der Waals surface area contributed by atoms with E-state index in [2.05, 4.69) is 4.57 Å². The number of ketones is 1. The van der Waals surface area contributed by atoms with Gasteiger partial charge in [0.1, 0.15) is 0 Å². The number of aromatic nitrogens is 1. The maximum Gasteiger partial charge on any atom is 0.165 e. The van der Waals surface area contributed by atoms with Crippen LogP contribution in [0.5, 0.6) is 0 Å². The second-order valence-corrected chi connectivity index (χ2v) is 8.24. The Morgan fingerprint density at radius 1 is 1.23 bits per heavy atom. The molecule has 4 nitrogen and oxygen atoms in total. The molecule has 0 unspecified atom stereocenters. The molecule has 1 N–H and O–H groups in total. The SMILES string of the molecule is O=C(CCC1(O)CCCCCC1)c1cn(C2COC2)c2cccc(Cl)c12. The first-order valence-electron chi connectivity index (χ1n) is 9.70. The minimum atomic E-state index is -0.684. The highest BCUT2D eigenvalue weighted by Gasteiger charge is 2.30. The quantitative estimate of drug-likeness (QED) is 0.596. The molecule has 4 rings (SSSR count). The van der Waals surface area contributed by atoms with E-state index < -0.39 is 5.60 Å². The Bertz CT molecular complexity index is 801. The van der Waals surface area contributed by atoms with E-state index in [1.165, 1.54) is 12.8 Å². The largest absolute Gasteiger partial charge is 0.390 e. The van der Waals surface area contributed by atoms with Crippen molar-refractivity contribution < 1.29 is 14.6 Å². The number of hydrogen-bond acceptors (Lipinski definition) is 3. The zero-order chi connectivity index (χ0) is 18.1. The van der Waals surface area contributed by atoms with Gasteiger partial charge in [-0.05, 0) is 31.4 Å². The number of rotatable bonds is 5. The minimum Gasteiger partial charge on any atom is -0.390 e. The van der Waals surface area contributed by atoms with Gasteiger partial charge in [-0.3, -0.25) is 4.79 Å². The summed E-state index contributed by atoms with van der Waals surface area (Å²) in [6, 6.07) is 6.03. The molecule has 26 heavy (non-hydrogen) atoms. The van der Waals surface area contributed by atoms with Crippen molar-refractivity contribution in [2.75, 3.05) is 13.2 Å². The molecule has 0 radical (unpaired) electrons. The summed E-state index contributed by atoms with van der Waals surface area (Å²) in [5.74, 6) is 0.0692. The molecule has 1 aliphatic heterocycles. The molecule has 1 saturated heterocycles. The van der Waals surface area contributed by atoms with Crippen LogP contribution in [0.1, 0.15) is 67.8 Å². The zero-order valence-corrected chi connectivity index (χ0v) is 15.8. The molecule has 0 atom stereocenters. The van der Waals surface area contributed by atoms with E-state index >= 15 is 0 Å². The third kappa shape index (κ3) is 3.42. The smallest absolute Gasteiger partial charge is 0.165 e. The number of ether oxygens (including phenoxy) is 1. The fourth-order valence-electron chi connectivity index (χ4n) is 4.28. The van der Waals surface area contributed by atoms with E-state index in [0.29, 0.717) is 36.6 Å². The van der Waals surface area contributed by atoms with E-state index in [0.717, 1.165) is 36.6 Å². The van der Waals surface area contributed by atoms with Crippen molar-refractivity contribution in [2.24, 2.45) is 0 Å². The summed E-state index contributed by atoms with van der Waals surface area (Å²) in [5.41, 5.74) is 0.980. The Kier molecular flexibility index (Phi) is 5.09. The van der Waals surface area contributed by atoms with Gasteiger partial charge in [-0.15, -0.1) is 0 Å². The molecular formula is C21H26ClNO3. The highest BCUT2D eigenvalue weighted by molar-refractivity contribution is 6.37. The first-order valence-corrected chi connectivity index (χ1v) is 10.1. The van der Waals surface area contributed by atoms with E-state index in [1.54, 1.807) is 0 Å². The number of Topliss-reactive ketones (excluding diaryl/α,β-unsaturated/α-hetero) is 1. The van der Waals surface area contributed by atoms with Gasteiger partial charge < -0.3 is 14.4 Å². The van der Waals surface area contributed by atoms with Crippen molar-refractivity contribution in [1.82, 2.24) is 4.57 Å². The van der Waals surface area contributed by atoms with Crippen molar-refractivity contribution in [2.45, 2.75) is 63.0 Å². The van der Waals surface area contributed by atoms with Crippen LogP contribution in [0.25, 0.3) is 10.9 Å². The predicted molar refractivity (Wildman–Crippen MR) is 103 cm³/mol. The Balaban J connectivity index is 1.58. The maximum atomic E-state index is 13.0. The lowest BCUT2D eigenvalue weighted by molar-refractivity contribution is -0.0214. The van der Waals surface area contributed by atoms with Gasteiger partial charge in [0.25, 0.3) is 0 Å². The average Bonchev–Trinajstić information content (AvgIpc) is 2.81.